The highest BCUT2D eigenvalue weighted by Gasteiger charge is 2.13. The zero-order chi connectivity index (χ0) is 14.4. The first-order valence-electron chi connectivity index (χ1n) is 7.78. The van der Waals surface area contributed by atoms with Crippen molar-refractivity contribution < 1.29 is 4.79 Å². The van der Waals surface area contributed by atoms with Crippen LogP contribution in [0.5, 0.6) is 0 Å². The van der Waals surface area contributed by atoms with E-state index in [-0.39, 0.29) is 5.91 Å². The van der Waals surface area contributed by atoms with E-state index in [9.17, 15) is 4.79 Å². The fraction of sp³-hybridized carbons (Fsp3) is 0.588. The molecule has 1 aromatic rings. The molecule has 0 bridgehead atoms. The molecule has 0 atom stereocenters. The number of rotatable bonds is 6. The summed E-state index contributed by atoms with van der Waals surface area (Å²) < 4.78 is 0. The molecule has 2 rings (SSSR count). The molecule has 1 amide bonds. The van der Waals surface area contributed by atoms with Crippen molar-refractivity contribution in [3.63, 3.8) is 0 Å². The minimum atomic E-state index is 0.215. The molecule has 1 aliphatic heterocycles. The summed E-state index contributed by atoms with van der Waals surface area (Å²) in [5, 5.41) is 0. The SMILES string of the molecule is CCCCN(C)C(=O)Cc1ccc(N2CCCC2)cc1. The summed E-state index contributed by atoms with van der Waals surface area (Å²) in [6, 6.07) is 8.50. The van der Waals surface area contributed by atoms with Gasteiger partial charge in [0.05, 0.1) is 6.42 Å². The summed E-state index contributed by atoms with van der Waals surface area (Å²) in [6.07, 6.45) is 5.31. The first-order chi connectivity index (χ1) is 9.70. The van der Waals surface area contributed by atoms with Gasteiger partial charge in [-0.2, -0.15) is 0 Å². The fourth-order valence-corrected chi connectivity index (χ4v) is 2.63. The predicted molar refractivity (Wildman–Crippen MR) is 84.1 cm³/mol. The Morgan fingerprint density at radius 2 is 1.85 bits per heavy atom. The second-order valence-corrected chi connectivity index (χ2v) is 5.71. The molecular weight excluding hydrogens is 248 g/mol. The standard InChI is InChI=1S/C17H26N2O/c1-3-4-11-18(2)17(20)14-15-7-9-16(10-8-15)19-12-5-6-13-19/h7-10H,3-6,11-14H2,1-2H3. The average Bonchev–Trinajstić information content (AvgIpc) is 2.99. The van der Waals surface area contributed by atoms with Crippen molar-refractivity contribution in [2.75, 3.05) is 31.6 Å². The Kier molecular flexibility index (Phi) is 5.45. The van der Waals surface area contributed by atoms with E-state index < -0.39 is 0 Å². The van der Waals surface area contributed by atoms with Gasteiger partial charge < -0.3 is 9.80 Å². The molecule has 0 aromatic heterocycles. The van der Waals surface area contributed by atoms with Gasteiger partial charge in [0.2, 0.25) is 5.91 Å². The van der Waals surface area contributed by atoms with Crippen LogP contribution in [0.3, 0.4) is 0 Å². The van der Waals surface area contributed by atoms with Gasteiger partial charge in [-0.25, -0.2) is 0 Å². The van der Waals surface area contributed by atoms with Crippen molar-refractivity contribution in [1.29, 1.82) is 0 Å². The number of carbonyl (C=O) groups is 1. The molecule has 0 unspecified atom stereocenters. The van der Waals surface area contributed by atoms with Crippen LogP contribution in [0.2, 0.25) is 0 Å². The third kappa shape index (κ3) is 3.99. The molecular formula is C17H26N2O. The lowest BCUT2D eigenvalue weighted by atomic mass is 10.1. The van der Waals surface area contributed by atoms with E-state index in [1.165, 1.54) is 18.5 Å². The number of likely N-dealkylation sites (N-methyl/N-ethyl adjacent to an activating group) is 1. The third-order valence-corrected chi connectivity index (χ3v) is 4.04. The van der Waals surface area contributed by atoms with Crippen molar-refractivity contribution >= 4 is 11.6 Å². The summed E-state index contributed by atoms with van der Waals surface area (Å²) in [4.78, 5) is 16.3. The summed E-state index contributed by atoms with van der Waals surface area (Å²) in [6.45, 7) is 5.34. The lowest BCUT2D eigenvalue weighted by Gasteiger charge is -2.19. The van der Waals surface area contributed by atoms with Crippen molar-refractivity contribution in [2.45, 2.75) is 39.0 Å². The minimum Gasteiger partial charge on any atom is -0.372 e. The van der Waals surface area contributed by atoms with Crippen LogP contribution in [0.15, 0.2) is 24.3 Å². The van der Waals surface area contributed by atoms with Gasteiger partial charge >= 0.3 is 0 Å². The maximum atomic E-state index is 12.1. The molecule has 3 heteroatoms. The number of unbranched alkanes of at least 4 members (excludes halogenated alkanes) is 1. The van der Waals surface area contributed by atoms with Gasteiger partial charge in [0.15, 0.2) is 0 Å². The Balaban J connectivity index is 1.88. The first-order valence-corrected chi connectivity index (χ1v) is 7.78. The van der Waals surface area contributed by atoms with Crippen LogP contribution in [0.25, 0.3) is 0 Å². The molecule has 20 heavy (non-hydrogen) atoms. The van der Waals surface area contributed by atoms with Crippen molar-refractivity contribution in [3.05, 3.63) is 29.8 Å². The number of carbonyl (C=O) groups excluding carboxylic acids is 1. The first kappa shape index (κ1) is 14.9. The molecule has 0 N–H and O–H groups in total. The summed E-state index contributed by atoms with van der Waals surface area (Å²) >= 11 is 0. The van der Waals surface area contributed by atoms with E-state index in [2.05, 4.69) is 36.1 Å². The zero-order valence-corrected chi connectivity index (χ0v) is 12.8. The van der Waals surface area contributed by atoms with Crippen LogP contribution in [0.1, 0.15) is 38.2 Å². The number of anilines is 1. The van der Waals surface area contributed by atoms with Gasteiger partial charge in [-0.3, -0.25) is 4.79 Å². The van der Waals surface area contributed by atoms with Gasteiger partial charge in [-0.15, -0.1) is 0 Å². The summed E-state index contributed by atoms with van der Waals surface area (Å²) in [7, 11) is 1.90. The van der Waals surface area contributed by atoms with Gasteiger partial charge in [0.1, 0.15) is 0 Å². The number of benzene rings is 1. The monoisotopic (exact) mass is 274 g/mol. The number of hydrogen-bond donors (Lipinski definition) is 0. The van der Waals surface area contributed by atoms with E-state index in [0.717, 1.165) is 38.0 Å². The van der Waals surface area contributed by atoms with Crippen LogP contribution in [-0.4, -0.2) is 37.5 Å². The van der Waals surface area contributed by atoms with Crippen LogP contribution in [0, 0.1) is 0 Å². The van der Waals surface area contributed by atoms with Gasteiger partial charge in [-0.1, -0.05) is 25.5 Å². The Labute approximate surface area is 122 Å². The molecule has 1 heterocycles. The number of hydrogen-bond acceptors (Lipinski definition) is 2. The molecule has 0 radical (unpaired) electrons. The molecule has 1 saturated heterocycles. The topological polar surface area (TPSA) is 23.6 Å². The molecule has 0 aliphatic carbocycles. The maximum absolute atomic E-state index is 12.1. The maximum Gasteiger partial charge on any atom is 0.226 e. The zero-order valence-electron chi connectivity index (χ0n) is 12.8. The quantitative estimate of drug-likeness (QED) is 0.796. The number of nitrogens with zero attached hydrogens (tertiary/aromatic N) is 2. The van der Waals surface area contributed by atoms with Gasteiger partial charge in [-0.05, 0) is 37.0 Å². The van der Waals surface area contributed by atoms with Crippen molar-refractivity contribution in [2.24, 2.45) is 0 Å². The van der Waals surface area contributed by atoms with E-state index >= 15 is 0 Å². The lowest BCUT2D eigenvalue weighted by molar-refractivity contribution is -0.129. The Bertz CT molecular complexity index is 421. The lowest BCUT2D eigenvalue weighted by Crippen LogP contribution is -2.29. The Morgan fingerprint density at radius 3 is 2.45 bits per heavy atom. The van der Waals surface area contributed by atoms with Gasteiger partial charge in [0, 0.05) is 32.4 Å². The molecule has 0 spiro atoms. The molecule has 1 aromatic carbocycles. The Hall–Kier alpha value is -1.51. The van der Waals surface area contributed by atoms with Crippen LogP contribution in [0.4, 0.5) is 5.69 Å². The summed E-state index contributed by atoms with van der Waals surface area (Å²) in [5.74, 6) is 0.215. The Morgan fingerprint density at radius 1 is 1.20 bits per heavy atom. The van der Waals surface area contributed by atoms with Crippen LogP contribution < -0.4 is 4.90 Å². The molecule has 3 nitrogen and oxygen atoms in total. The van der Waals surface area contributed by atoms with E-state index in [1.54, 1.807) is 0 Å². The average molecular weight is 274 g/mol. The second-order valence-electron chi connectivity index (χ2n) is 5.71. The second kappa shape index (κ2) is 7.32. The minimum absolute atomic E-state index is 0.215. The van der Waals surface area contributed by atoms with E-state index in [4.69, 9.17) is 0 Å². The highest BCUT2D eigenvalue weighted by molar-refractivity contribution is 5.78. The summed E-state index contributed by atoms with van der Waals surface area (Å²) in [5.41, 5.74) is 2.40. The van der Waals surface area contributed by atoms with E-state index in [1.807, 2.05) is 11.9 Å². The normalized spacial score (nSPS) is 14.6. The van der Waals surface area contributed by atoms with Crippen molar-refractivity contribution in [1.82, 2.24) is 4.90 Å². The molecule has 1 aliphatic rings. The largest absolute Gasteiger partial charge is 0.372 e. The third-order valence-electron chi connectivity index (χ3n) is 4.04. The van der Waals surface area contributed by atoms with Crippen LogP contribution in [-0.2, 0) is 11.2 Å². The van der Waals surface area contributed by atoms with E-state index in [0.29, 0.717) is 6.42 Å². The highest BCUT2D eigenvalue weighted by Crippen LogP contribution is 2.20. The smallest absolute Gasteiger partial charge is 0.226 e. The van der Waals surface area contributed by atoms with Gasteiger partial charge in [0.25, 0.3) is 0 Å². The highest BCUT2D eigenvalue weighted by atomic mass is 16.2. The van der Waals surface area contributed by atoms with Crippen molar-refractivity contribution in [3.8, 4) is 0 Å². The van der Waals surface area contributed by atoms with Crippen LogP contribution >= 0.6 is 0 Å². The fourth-order valence-electron chi connectivity index (χ4n) is 2.63. The molecule has 0 saturated carbocycles. The molecule has 110 valence electrons. The predicted octanol–water partition coefficient (Wildman–Crippen LogP) is 3.09. The molecule has 1 fully saturated rings. The number of amides is 1.